The Balaban J connectivity index is 1.61. The number of hydrogen-bond acceptors (Lipinski definition) is 6. The van der Waals surface area contributed by atoms with Gasteiger partial charge < -0.3 is 9.47 Å². The Labute approximate surface area is 183 Å². The highest BCUT2D eigenvalue weighted by molar-refractivity contribution is 6.30. The normalized spacial score (nSPS) is 10.6. The highest BCUT2D eigenvalue weighted by Gasteiger charge is 2.08. The van der Waals surface area contributed by atoms with E-state index < -0.39 is 4.92 Å². The van der Waals surface area contributed by atoms with Crippen LogP contribution in [0.2, 0.25) is 5.02 Å². The molecule has 0 saturated heterocycles. The number of nitrogens with one attached hydrogen (secondary N) is 1. The lowest BCUT2D eigenvalue weighted by Crippen LogP contribution is -2.17. The minimum Gasteiger partial charge on any atom is -0.493 e. The number of benzene rings is 3. The monoisotopic (exact) mass is 439 g/mol. The van der Waals surface area contributed by atoms with Crippen molar-refractivity contribution in [1.29, 1.82) is 0 Å². The Morgan fingerprint density at radius 2 is 1.90 bits per heavy atom. The third-order valence-electron chi connectivity index (χ3n) is 4.20. The fourth-order valence-electron chi connectivity index (χ4n) is 2.62. The zero-order valence-corrected chi connectivity index (χ0v) is 17.2. The molecule has 0 fully saturated rings. The molecule has 0 saturated carbocycles. The number of nitro groups is 1. The molecule has 0 heterocycles. The van der Waals surface area contributed by atoms with Gasteiger partial charge in [-0.25, -0.2) is 5.43 Å². The predicted molar refractivity (Wildman–Crippen MR) is 117 cm³/mol. The molecule has 0 unspecified atom stereocenters. The Hall–Kier alpha value is -3.91. The number of carbonyl (C=O) groups excluding carboxylic acids is 1. The van der Waals surface area contributed by atoms with Crippen LogP contribution in [0.15, 0.2) is 71.8 Å². The minimum atomic E-state index is -0.453. The molecular weight excluding hydrogens is 422 g/mol. The van der Waals surface area contributed by atoms with Gasteiger partial charge in [-0.1, -0.05) is 17.7 Å². The van der Waals surface area contributed by atoms with E-state index in [0.717, 1.165) is 5.56 Å². The molecule has 0 aliphatic heterocycles. The summed E-state index contributed by atoms with van der Waals surface area (Å²) >= 11 is 5.88. The molecule has 0 aromatic heterocycles. The fraction of sp³-hybridized carbons (Fsp3) is 0.0909. The first-order chi connectivity index (χ1) is 15.0. The largest absolute Gasteiger partial charge is 0.493 e. The first-order valence-corrected chi connectivity index (χ1v) is 9.47. The second-order valence-electron chi connectivity index (χ2n) is 6.33. The lowest BCUT2D eigenvalue weighted by atomic mass is 10.2. The summed E-state index contributed by atoms with van der Waals surface area (Å²) in [5.74, 6) is 0.599. The molecule has 1 amide bonds. The van der Waals surface area contributed by atoms with Crippen molar-refractivity contribution in [2.24, 2.45) is 5.10 Å². The van der Waals surface area contributed by atoms with Gasteiger partial charge in [-0.05, 0) is 59.7 Å². The van der Waals surface area contributed by atoms with Crippen molar-refractivity contribution in [3.63, 3.8) is 0 Å². The number of nitro benzene ring substituents is 1. The predicted octanol–water partition coefficient (Wildman–Crippen LogP) is 4.60. The molecule has 0 aliphatic carbocycles. The Morgan fingerprint density at radius 1 is 1.13 bits per heavy atom. The SMILES string of the molecule is COc1cc(/C=N\NC(=O)c2cccc(Cl)c2)ccc1OCc1ccc([N+](=O)[O-])cc1. The number of halogens is 1. The van der Waals surface area contributed by atoms with Crippen molar-refractivity contribution in [1.82, 2.24) is 5.43 Å². The number of rotatable bonds is 8. The summed E-state index contributed by atoms with van der Waals surface area (Å²) in [6.07, 6.45) is 1.48. The van der Waals surface area contributed by atoms with Crippen LogP contribution >= 0.6 is 11.6 Å². The molecule has 0 atom stereocenters. The molecule has 0 spiro atoms. The lowest BCUT2D eigenvalue weighted by molar-refractivity contribution is -0.384. The van der Waals surface area contributed by atoms with Crippen LogP contribution in [0.25, 0.3) is 0 Å². The second-order valence-corrected chi connectivity index (χ2v) is 6.77. The third-order valence-corrected chi connectivity index (χ3v) is 4.43. The van der Waals surface area contributed by atoms with E-state index in [0.29, 0.717) is 27.6 Å². The van der Waals surface area contributed by atoms with Crippen LogP contribution in [-0.2, 0) is 6.61 Å². The molecule has 31 heavy (non-hydrogen) atoms. The van der Waals surface area contributed by atoms with Crippen molar-refractivity contribution < 1.29 is 19.2 Å². The second kappa shape index (κ2) is 10.2. The van der Waals surface area contributed by atoms with Crippen LogP contribution < -0.4 is 14.9 Å². The number of nitrogens with zero attached hydrogens (tertiary/aromatic N) is 2. The summed E-state index contributed by atoms with van der Waals surface area (Å²) in [6, 6.07) is 17.8. The maximum atomic E-state index is 12.1. The molecule has 8 nitrogen and oxygen atoms in total. The van der Waals surface area contributed by atoms with Gasteiger partial charge in [-0.3, -0.25) is 14.9 Å². The topological polar surface area (TPSA) is 103 Å². The molecule has 1 N–H and O–H groups in total. The van der Waals surface area contributed by atoms with Gasteiger partial charge in [-0.15, -0.1) is 0 Å². The third kappa shape index (κ3) is 6.03. The van der Waals surface area contributed by atoms with Gasteiger partial charge in [0.2, 0.25) is 0 Å². The van der Waals surface area contributed by atoms with Crippen LogP contribution in [0.5, 0.6) is 11.5 Å². The van der Waals surface area contributed by atoms with Crippen molar-refractivity contribution in [3.05, 3.63) is 98.6 Å². The Bertz CT molecular complexity index is 1120. The first-order valence-electron chi connectivity index (χ1n) is 9.09. The Morgan fingerprint density at radius 3 is 2.58 bits per heavy atom. The number of carbonyl (C=O) groups is 1. The average molecular weight is 440 g/mol. The van der Waals surface area contributed by atoms with Crippen LogP contribution in [0, 0.1) is 10.1 Å². The summed E-state index contributed by atoms with van der Waals surface area (Å²) < 4.78 is 11.1. The molecule has 3 rings (SSSR count). The fourth-order valence-corrected chi connectivity index (χ4v) is 2.81. The van der Waals surface area contributed by atoms with Crippen LogP contribution in [0.3, 0.4) is 0 Å². The molecular formula is C22H18ClN3O5. The molecule has 3 aromatic carbocycles. The quantitative estimate of drug-likeness (QED) is 0.314. The van der Waals surface area contributed by atoms with E-state index >= 15 is 0 Å². The van der Waals surface area contributed by atoms with Crippen molar-refractivity contribution >= 4 is 29.4 Å². The minimum absolute atomic E-state index is 0.0208. The van der Waals surface area contributed by atoms with Crippen molar-refractivity contribution in [2.75, 3.05) is 7.11 Å². The molecule has 0 radical (unpaired) electrons. The summed E-state index contributed by atoms with van der Waals surface area (Å²) in [5.41, 5.74) is 4.32. The summed E-state index contributed by atoms with van der Waals surface area (Å²) in [4.78, 5) is 22.3. The van der Waals surface area contributed by atoms with Gasteiger partial charge >= 0.3 is 0 Å². The number of hydrogen-bond donors (Lipinski definition) is 1. The van der Waals surface area contributed by atoms with Gasteiger partial charge in [0.05, 0.1) is 18.2 Å². The Kier molecular flexibility index (Phi) is 7.18. The molecule has 0 aliphatic rings. The highest BCUT2D eigenvalue weighted by atomic mass is 35.5. The van der Waals surface area contributed by atoms with Gasteiger partial charge in [0.25, 0.3) is 11.6 Å². The van der Waals surface area contributed by atoms with Crippen molar-refractivity contribution in [2.45, 2.75) is 6.61 Å². The standard InChI is InChI=1S/C22H18ClN3O5/c1-30-21-11-16(13-24-25-22(27)17-3-2-4-18(23)12-17)7-10-20(21)31-14-15-5-8-19(9-6-15)26(28)29/h2-13H,14H2,1H3,(H,25,27)/b24-13-. The first kappa shape index (κ1) is 21.8. The molecule has 3 aromatic rings. The molecule has 158 valence electrons. The van der Waals surface area contributed by atoms with Crippen LogP contribution in [0.4, 0.5) is 5.69 Å². The number of amides is 1. The van der Waals surface area contributed by atoms with E-state index in [9.17, 15) is 14.9 Å². The zero-order chi connectivity index (χ0) is 22.2. The molecule has 0 bridgehead atoms. The lowest BCUT2D eigenvalue weighted by Gasteiger charge is -2.11. The van der Waals surface area contributed by atoms with E-state index in [1.807, 2.05) is 0 Å². The van der Waals surface area contributed by atoms with Crippen molar-refractivity contribution in [3.8, 4) is 11.5 Å². The summed E-state index contributed by atoms with van der Waals surface area (Å²) in [5, 5.41) is 15.1. The number of hydrazone groups is 1. The van der Waals surface area contributed by atoms with Gasteiger partial charge in [0, 0.05) is 22.7 Å². The van der Waals surface area contributed by atoms with E-state index in [4.69, 9.17) is 21.1 Å². The van der Waals surface area contributed by atoms with E-state index in [2.05, 4.69) is 10.5 Å². The summed E-state index contributed by atoms with van der Waals surface area (Å²) in [7, 11) is 1.51. The van der Waals surface area contributed by atoms with E-state index in [-0.39, 0.29) is 18.2 Å². The van der Waals surface area contributed by atoms with Crippen LogP contribution in [0.1, 0.15) is 21.5 Å². The van der Waals surface area contributed by atoms with E-state index in [1.165, 1.54) is 25.5 Å². The van der Waals surface area contributed by atoms with Gasteiger partial charge in [0.15, 0.2) is 11.5 Å². The van der Waals surface area contributed by atoms with Gasteiger partial charge in [0.1, 0.15) is 6.61 Å². The maximum absolute atomic E-state index is 12.1. The summed E-state index contributed by atoms with van der Waals surface area (Å²) in [6.45, 7) is 0.220. The number of non-ortho nitro benzene ring substituents is 1. The van der Waals surface area contributed by atoms with Gasteiger partial charge in [-0.2, -0.15) is 5.10 Å². The zero-order valence-electron chi connectivity index (χ0n) is 16.4. The number of methoxy groups -OCH3 is 1. The van der Waals surface area contributed by atoms with Crippen LogP contribution in [-0.4, -0.2) is 24.2 Å². The highest BCUT2D eigenvalue weighted by Crippen LogP contribution is 2.28. The smallest absolute Gasteiger partial charge is 0.271 e. The average Bonchev–Trinajstić information content (AvgIpc) is 2.78. The van der Waals surface area contributed by atoms with E-state index in [1.54, 1.807) is 54.6 Å². The number of ether oxygens (including phenoxy) is 2. The maximum Gasteiger partial charge on any atom is 0.271 e. The molecule has 9 heteroatoms.